The molecule has 0 saturated carbocycles. The molecule has 16 heavy (non-hydrogen) atoms. The Kier molecular flexibility index (Phi) is 3.53. The van der Waals surface area contributed by atoms with E-state index in [1.165, 1.54) is 11.3 Å². The molecule has 0 saturated heterocycles. The van der Waals surface area contributed by atoms with E-state index in [2.05, 4.69) is 16.4 Å². The Hall–Kier alpha value is -0.970. The van der Waals surface area contributed by atoms with Crippen LogP contribution < -0.4 is 5.32 Å². The third-order valence-corrected chi connectivity index (χ3v) is 2.98. The summed E-state index contributed by atoms with van der Waals surface area (Å²) in [5, 5.41) is 5.08. The highest BCUT2D eigenvalue weighted by molar-refractivity contribution is 5.27. The Morgan fingerprint density at radius 1 is 1.50 bits per heavy atom. The van der Waals surface area contributed by atoms with Crippen molar-refractivity contribution in [1.82, 2.24) is 15.4 Å². The van der Waals surface area contributed by atoms with E-state index < -0.39 is 0 Å². The molecule has 1 aromatic heterocycles. The lowest BCUT2D eigenvalue weighted by molar-refractivity contribution is -0.179. The maximum absolute atomic E-state index is 5.85. The Balaban J connectivity index is 2.29. The van der Waals surface area contributed by atoms with E-state index in [1.807, 2.05) is 33.4 Å². The predicted molar refractivity (Wildman–Crippen MR) is 62.9 cm³/mol. The van der Waals surface area contributed by atoms with Crippen LogP contribution in [0, 0.1) is 0 Å². The van der Waals surface area contributed by atoms with Crippen molar-refractivity contribution in [1.29, 1.82) is 0 Å². The maximum Gasteiger partial charge on any atom is 0.121 e. The molecule has 88 valence electrons. The Bertz CT molecular complexity index is 354. The molecule has 1 heterocycles. The van der Waals surface area contributed by atoms with Crippen molar-refractivity contribution in [2.75, 3.05) is 21.1 Å². The Morgan fingerprint density at radius 2 is 2.31 bits per heavy atom. The van der Waals surface area contributed by atoms with Gasteiger partial charge in [0.05, 0.1) is 0 Å². The minimum atomic E-state index is 0.0671. The SMILES string of the molecule is CNC1CCc2ncccc2C1ON(C)C. The molecule has 1 aromatic rings. The van der Waals surface area contributed by atoms with Crippen LogP contribution in [-0.2, 0) is 11.3 Å². The molecule has 0 bridgehead atoms. The zero-order valence-electron chi connectivity index (χ0n) is 10.1. The molecule has 4 nitrogen and oxygen atoms in total. The molecule has 1 aliphatic rings. The van der Waals surface area contributed by atoms with Crippen LogP contribution in [0.15, 0.2) is 18.3 Å². The number of fused-ring (bicyclic) bond motifs is 1. The van der Waals surface area contributed by atoms with Crippen LogP contribution >= 0.6 is 0 Å². The monoisotopic (exact) mass is 221 g/mol. The fraction of sp³-hybridized carbons (Fsp3) is 0.583. The Labute approximate surface area is 96.6 Å². The molecule has 0 spiro atoms. The van der Waals surface area contributed by atoms with Gasteiger partial charge >= 0.3 is 0 Å². The first kappa shape index (κ1) is 11.5. The van der Waals surface area contributed by atoms with Gasteiger partial charge in [0.25, 0.3) is 0 Å². The van der Waals surface area contributed by atoms with Crippen LogP contribution in [0.3, 0.4) is 0 Å². The summed E-state index contributed by atoms with van der Waals surface area (Å²) in [6.45, 7) is 0. The van der Waals surface area contributed by atoms with E-state index in [0.717, 1.165) is 12.8 Å². The quantitative estimate of drug-likeness (QED) is 0.777. The molecule has 0 fully saturated rings. The smallest absolute Gasteiger partial charge is 0.121 e. The van der Waals surface area contributed by atoms with Crippen molar-refractivity contribution in [3.63, 3.8) is 0 Å². The number of nitrogens with one attached hydrogen (secondary N) is 1. The summed E-state index contributed by atoms with van der Waals surface area (Å²) in [4.78, 5) is 10.3. The summed E-state index contributed by atoms with van der Waals surface area (Å²) in [6.07, 6.45) is 4.01. The molecule has 2 unspecified atom stereocenters. The standard InChI is InChI=1S/C12H19N3O/c1-13-11-7-6-10-9(5-4-8-14-10)12(11)16-15(2)3/h4-5,8,11-13H,6-7H2,1-3H3. The van der Waals surface area contributed by atoms with Gasteiger partial charge < -0.3 is 5.32 Å². The van der Waals surface area contributed by atoms with Crippen molar-refractivity contribution in [2.45, 2.75) is 25.0 Å². The van der Waals surface area contributed by atoms with Gasteiger partial charge in [0, 0.05) is 37.6 Å². The minimum Gasteiger partial charge on any atom is -0.314 e. The molecule has 2 atom stereocenters. The van der Waals surface area contributed by atoms with Crippen LogP contribution in [-0.4, -0.2) is 37.2 Å². The molecule has 0 aromatic carbocycles. The molecule has 1 N–H and O–H groups in total. The lowest BCUT2D eigenvalue weighted by Gasteiger charge is -2.33. The van der Waals surface area contributed by atoms with Crippen molar-refractivity contribution in [3.05, 3.63) is 29.6 Å². The second kappa shape index (κ2) is 4.91. The van der Waals surface area contributed by atoms with Crippen molar-refractivity contribution in [3.8, 4) is 0 Å². The first-order valence-electron chi connectivity index (χ1n) is 5.67. The molecular formula is C12H19N3O. The second-order valence-electron chi connectivity index (χ2n) is 4.31. The molecule has 0 radical (unpaired) electrons. The Morgan fingerprint density at radius 3 is 3.00 bits per heavy atom. The summed E-state index contributed by atoms with van der Waals surface area (Å²) in [7, 11) is 5.81. The van der Waals surface area contributed by atoms with Crippen molar-refractivity contribution >= 4 is 0 Å². The van der Waals surface area contributed by atoms with Gasteiger partial charge in [-0.15, -0.1) is 0 Å². The largest absolute Gasteiger partial charge is 0.314 e. The first-order valence-corrected chi connectivity index (χ1v) is 5.67. The highest BCUT2D eigenvalue weighted by atomic mass is 16.7. The van der Waals surface area contributed by atoms with Gasteiger partial charge in [0.2, 0.25) is 0 Å². The number of hydrogen-bond donors (Lipinski definition) is 1. The van der Waals surface area contributed by atoms with Gasteiger partial charge in [-0.2, -0.15) is 5.06 Å². The lowest BCUT2D eigenvalue weighted by Crippen LogP contribution is -2.39. The van der Waals surface area contributed by atoms with Gasteiger partial charge in [0.1, 0.15) is 6.10 Å². The summed E-state index contributed by atoms with van der Waals surface area (Å²) in [5.41, 5.74) is 2.38. The maximum atomic E-state index is 5.85. The normalized spacial score (nSPS) is 24.5. The topological polar surface area (TPSA) is 37.4 Å². The highest BCUT2D eigenvalue weighted by Gasteiger charge is 2.30. The van der Waals surface area contributed by atoms with Crippen molar-refractivity contribution < 1.29 is 4.84 Å². The number of likely N-dealkylation sites (N-methyl/N-ethyl adjacent to an activating group) is 1. The van der Waals surface area contributed by atoms with E-state index in [4.69, 9.17) is 4.84 Å². The lowest BCUT2D eigenvalue weighted by atomic mass is 9.89. The number of aromatic nitrogens is 1. The predicted octanol–water partition coefficient (Wildman–Crippen LogP) is 1.15. The first-order chi connectivity index (χ1) is 7.72. The highest BCUT2D eigenvalue weighted by Crippen LogP contribution is 2.31. The van der Waals surface area contributed by atoms with Gasteiger partial charge in [-0.25, -0.2) is 0 Å². The summed E-state index contributed by atoms with van der Waals surface area (Å²) >= 11 is 0. The zero-order valence-corrected chi connectivity index (χ0v) is 10.1. The molecule has 4 heteroatoms. The fourth-order valence-corrected chi connectivity index (χ4v) is 2.23. The summed E-state index contributed by atoms with van der Waals surface area (Å²) < 4.78 is 0. The average molecular weight is 221 g/mol. The number of nitrogens with zero attached hydrogens (tertiary/aromatic N) is 2. The molecule has 2 rings (SSSR count). The van der Waals surface area contributed by atoms with Gasteiger partial charge in [-0.05, 0) is 26.0 Å². The molecule has 1 aliphatic carbocycles. The number of aryl methyl sites for hydroxylation is 1. The third-order valence-electron chi connectivity index (χ3n) is 2.98. The van der Waals surface area contributed by atoms with E-state index in [9.17, 15) is 0 Å². The van der Waals surface area contributed by atoms with Crippen molar-refractivity contribution in [2.24, 2.45) is 0 Å². The van der Waals surface area contributed by atoms with E-state index in [1.54, 1.807) is 5.06 Å². The average Bonchev–Trinajstić information content (AvgIpc) is 2.29. The molecular weight excluding hydrogens is 202 g/mol. The van der Waals surface area contributed by atoms with Crippen LogP contribution in [0.1, 0.15) is 23.8 Å². The van der Waals surface area contributed by atoms with Crippen LogP contribution in [0.2, 0.25) is 0 Å². The van der Waals surface area contributed by atoms with E-state index >= 15 is 0 Å². The fourth-order valence-electron chi connectivity index (χ4n) is 2.23. The van der Waals surface area contributed by atoms with Gasteiger partial charge in [-0.1, -0.05) is 6.07 Å². The van der Waals surface area contributed by atoms with Crippen LogP contribution in [0.25, 0.3) is 0 Å². The number of rotatable bonds is 3. The summed E-state index contributed by atoms with van der Waals surface area (Å²) in [5.74, 6) is 0. The van der Waals surface area contributed by atoms with Crippen LogP contribution in [0.4, 0.5) is 0 Å². The molecule has 0 amide bonds. The minimum absolute atomic E-state index is 0.0671. The third kappa shape index (κ3) is 2.24. The van der Waals surface area contributed by atoms with Gasteiger partial charge in [-0.3, -0.25) is 9.82 Å². The van der Waals surface area contributed by atoms with Crippen LogP contribution in [0.5, 0.6) is 0 Å². The van der Waals surface area contributed by atoms with Gasteiger partial charge in [0.15, 0.2) is 0 Å². The van der Waals surface area contributed by atoms with E-state index in [-0.39, 0.29) is 6.10 Å². The summed E-state index contributed by atoms with van der Waals surface area (Å²) in [6, 6.07) is 4.45. The second-order valence-corrected chi connectivity index (χ2v) is 4.31. The van der Waals surface area contributed by atoms with E-state index in [0.29, 0.717) is 6.04 Å². The zero-order chi connectivity index (χ0) is 11.5. The number of hydrogen-bond acceptors (Lipinski definition) is 4. The number of hydroxylamine groups is 2. The molecule has 0 aliphatic heterocycles. The number of pyridine rings is 1.